The molecule has 0 amide bonds. The molecule has 3 N–H and O–H groups in total. The molecule has 3 rings (SSSR count). The van der Waals surface area contributed by atoms with Gasteiger partial charge in [0.25, 0.3) is 0 Å². The van der Waals surface area contributed by atoms with Crippen molar-refractivity contribution in [2.75, 3.05) is 13.1 Å². The third-order valence-electron chi connectivity index (χ3n) is 3.48. The van der Waals surface area contributed by atoms with Crippen molar-refractivity contribution >= 4 is 10.9 Å². The molecule has 1 atom stereocenters. The molecule has 90 valence electrons. The summed E-state index contributed by atoms with van der Waals surface area (Å²) in [6.07, 6.45) is 2.13. The van der Waals surface area contributed by atoms with Crippen molar-refractivity contribution in [3.05, 3.63) is 36.0 Å². The maximum Gasteiger partial charge on any atom is 0.0472 e. The number of aromatic amines is 1. The number of hydrogen-bond donors (Lipinski definition) is 3. The second-order valence-electron chi connectivity index (χ2n) is 5.50. The molecule has 1 aromatic heterocycles. The molecule has 0 radical (unpaired) electrons. The number of benzene rings is 1. The van der Waals surface area contributed by atoms with Crippen molar-refractivity contribution in [2.24, 2.45) is 0 Å². The molecule has 0 bridgehead atoms. The van der Waals surface area contributed by atoms with Crippen LogP contribution in [0.4, 0.5) is 0 Å². The summed E-state index contributed by atoms with van der Waals surface area (Å²) in [6, 6.07) is 8.86. The van der Waals surface area contributed by atoms with Crippen molar-refractivity contribution in [3.8, 4) is 0 Å². The SMILES string of the molecule is CC1(C)CNCC(c2c[nH]c3ccccc23)N1. The normalized spacial score (nSPS) is 24.0. The zero-order valence-electron chi connectivity index (χ0n) is 10.4. The number of piperazine rings is 1. The predicted molar refractivity (Wildman–Crippen MR) is 71.1 cm³/mol. The summed E-state index contributed by atoms with van der Waals surface area (Å²) < 4.78 is 0. The fourth-order valence-electron chi connectivity index (χ4n) is 2.67. The van der Waals surface area contributed by atoms with Crippen LogP contribution in [-0.2, 0) is 0 Å². The van der Waals surface area contributed by atoms with Gasteiger partial charge in [-0.3, -0.25) is 0 Å². The van der Waals surface area contributed by atoms with Gasteiger partial charge in [0.1, 0.15) is 0 Å². The van der Waals surface area contributed by atoms with E-state index in [1.165, 1.54) is 16.5 Å². The third kappa shape index (κ3) is 1.96. The topological polar surface area (TPSA) is 39.9 Å². The molecule has 0 saturated carbocycles. The highest BCUT2D eigenvalue weighted by atomic mass is 15.1. The van der Waals surface area contributed by atoms with Gasteiger partial charge >= 0.3 is 0 Å². The lowest BCUT2D eigenvalue weighted by Crippen LogP contribution is -2.56. The predicted octanol–water partition coefficient (Wildman–Crippen LogP) is 2.18. The third-order valence-corrected chi connectivity index (χ3v) is 3.48. The van der Waals surface area contributed by atoms with Gasteiger partial charge in [-0.25, -0.2) is 0 Å². The van der Waals surface area contributed by atoms with E-state index in [-0.39, 0.29) is 5.54 Å². The van der Waals surface area contributed by atoms with Crippen LogP contribution >= 0.6 is 0 Å². The van der Waals surface area contributed by atoms with Gasteiger partial charge in [0.2, 0.25) is 0 Å². The van der Waals surface area contributed by atoms with Gasteiger partial charge in [0.05, 0.1) is 0 Å². The minimum atomic E-state index is 0.154. The lowest BCUT2D eigenvalue weighted by atomic mass is 9.96. The van der Waals surface area contributed by atoms with Crippen LogP contribution in [0.15, 0.2) is 30.5 Å². The summed E-state index contributed by atoms with van der Waals surface area (Å²) in [6.45, 7) is 6.49. The molecule has 1 unspecified atom stereocenters. The molecule has 1 aliphatic heterocycles. The van der Waals surface area contributed by atoms with Crippen LogP contribution < -0.4 is 10.6 Å². The van der Waals surface area contributed by atoms with E-state index >= 15 is 0 Å². The molecule has 0 aliphatic carbocycles. The Bertz CT molecular complexity index is 527. The number of nitrogens with one attached hydrogen (secondary N) is 3. The van der Waals surface area contributed by atoms with Crippen molar-refractivity contribution in [2.45, 2.75) is 25.4 Å². The van der Waals surface area contributed by atoms with E-state index in [4.69, 9.17) is 0 Å². The lowest BCUT2D eigenvalue weighted by molar-refractivity contribution is 0.265. The lowest BCUT2D eigenvalue weighted by Gasteiger charge is -2.37. The minimum absolute atomic E-state index is 0.154. The van der Waals surface area contributed by atoms with E-state index in [0.717, 1.165) is 13.1 Å². The van der Waals surface area contributed by atoms with E-state index in [1.54, 1.807) is 0 Å². The average molecular weight is 229 g/mol. The molecule has 0 spiro atoms. The summed E-state index contributed by atoms with van der Waals surface area (Å²) in [7, 11) is 0. The first kappa shape index (κ1) is 10.8. The number of aromatic nitrogens is 1. The minimum Gasteiger partial charge on any atom is -0.361 e. The first-order chi connectivity index (χ1) is 8.16. The van der Waals surface area contributed by atoms with Crippen molar-refractivity contribution in [1.82, 2.24) is 15.6 Å². The van der Waals surface area contributed by atoms with Crippen molar-refractivity contribution in [3.63, 3.8) is 0 Å². The zero-order chi connectivity index (χ0) is 11.9. The van der Waals surface area contributed by atoms with Gasteiger partial charge in [-0.2, -0.15) is 0 Å². The Morgan fingerprint density at radius 3 is 2.88 bits per heavy atom. The van der Waals surface area contributed by atoms with E-state index in [2.05, 4.69) is 59.9 Å². The van der Waals surface area contributed by atoms with Crippen LogP contribution in [0.1, 0.15) is 25.5 Å². The quantitative estimate of drug-likeness (QED) is 0.701. The van der Waals surface area contributed by atoms with E-state index in [9.17, 15) is 0 Å². The van der Waals surface area contributed by atoms with Gasteiger partial charge in [-0.15, -0.1) is 0 Å². The monoisotopic (exact) mass is 229 g/mol. The van der Waals surface area contributed by atoms with Gasteiger partial charge in [0.15, 0.2) is 0 Å². The Kier molecular flexibility index (Phi) is 2.45. The van der Waals surface area contributed by atoms with Gasteiger partial charge in [-0.1, -0.05) is 18.2 Å². The van der Waals surface area contributed by atoms with Crippen LogP contribution in [0, 0.1) is 0 Å². The average Bonchev–Trinajstić information content (AvgIpc) is 2.71. The summed E-state index contributed by atoms with van der Waals surface area (Å²) in [5.41, 5.74) is 2.73. The maximum atomic E-state index is 3.70. The Hall–Kier alpha value is -1.32. The Labute approximate surface area is 102 Å². The molecule has 1 saturated heterocycles. The fraction of sp³-hybridized carbons (Fsp3) is 0.429. The van der Waals surface area contributed by atoms with Gasteiger partial charge in [-0.05, 0) is 25.5 Å². The van der Waals surface area contributed by atoms with Crippen LogP contribution in [0.3, 0.4) is 0 Å². The largest absolute Gasteiger partial charge is 0.361 e. The van der Waals surface area contributed by atoms with E-state index < -0.39 is 0 Å². The first-order valence-corrected chi connectivity index (χ1v) is 6.20. The summed E-state index contributed by atoms with van der Waals surface area (Å²) in [5, 5.41) is 8.53. The van der Waals surface area contributed by atoms with Crippen LogP contribution in [0.5, 0.6) is 0 Å². The second kappa shape index (κ2) is 3.86. The van der Waals surface area contributed by atoms with Gasteiger partial charge < -0.3 is 15.6 Å². The molecule has 17 heavy (non-hydrogen) atoms. The maximum absolute atomic E-state index is 3.70. The summed E-state index contributed by atoms with van der Waals surface area (Å²) in [5.74, 6) is 0. The van der Waals surface area contributed by atoms with E-state index in [0.29, 0.717) is 6.04 Å². The molecule has 1 aromatic carbocycles. The van der Waals surface area contributed by atoms with Crippen LogP contribution in [0.2, 0.25) is 0 Å². The number of hydrogen-bond acceptors (Lipinski definition) is 2. The highest BCUT2D eigenvalue weighted by Crippen LogP contribution is 2.26. The molecule has 1 fully saturated rings. The van der Waals surface area contributed by atoms with Crippen molar-refractivity contribution < 1.29 is 0 Å². The molecule has 3 heteroatoms. The zero-order valence-corrected chi connectivity index (χ0v) is 10.4. The molecular weight excluding hydrogens is 210 g/mol. The molecule has 1 aliphatic rings. The van der Waals surface area contributed by atoms with Crippen LogP contribution in [-0.4, -0.2) is 23.6 Å². The molecule has 3 nitrogen and oxygen atoms in total. The van der Waals surface area contributed by atoms with Crippen LogP contribution in [0.25, 0.3) is 10.9 Å². The number of para-hydroxylation sites is 1. The smallest absolute Gasteiger partial charge is 0.0472 e. The standard InChI is InChI=1S/C14H19N3/c1-14(2)9-15-8-13(17-14)11-7-16-12-6-4-3-5-10(11)12/h3-7,13,15-17H,8-9H2,1-2H3. The Morgan fingerprint density at radius 2 is 2.06 bits per heavy atom. The molecule has 2 aromatic rings. The van der Waals surface area contributed by atoms with Gasteiger partial charge in [0, 0.05) is 41.8 Å². The summed E-state index contributed by atoms with van der Waals surface area (Å²) in [4.78, 5) is 3.35. The Morgan fingerprint density at radius 1 is 1.24 bits per heavy atom. The number of rotatable bonds is 1. The number of fused-ring (bicyclic) bond motifs is 1. The fourth-order valence-corrected chi connectivity index (χ4v) is 2.67. The molecular formula is C14H19N3. The second-order valence-corrected chi connectivity index (χ2v) is 5.50. The Balaban J connectivity index is 1.98. The number of H-pyrrole nitrogens is 1. The highest BCUT2D eigenvalue weighted by molar-refractivity contribution is 5.83. The highest BCUT2D eigenvalue weighted by Gasteiger charge is 2.28. The first-order valence-electron chi connectivity index (χ1n) is 6.20. The van der Waals surface area contributed by atoms with E-state index in [1.807, 2.05) is 0 Å². The molecule has 2 heterocycles. The summed E-state index contributed by atoms with van der Waals surface area (Å²) >= 11 is 0. The van der Waals surface area contributed by atoms with Crippen molar-refractivity contribution in [1.29, 1.82) is 0 Å².